The van der Waals surface area contributed by atoms with Gasteiger partial charge in [-0.3, -0.25) is 14.9 Å². The third kappa shape index (κ3) is 6.13. The number of benzene rings is 2. The Kier molecular flexibility index (Phi) is 7.64. The molecule has 2 amide bonds. The molecule has 1 saturated heterocycles. The molecule has 2 aliphatic heterocycles. The first-order valence-electron chi connectivity index (χ1n) is 15.1. The standard InChI is InChI=1S/C34H40N4O4/c1-33(2,3)42-31(39)37-16-13-34(14-17-37)19-25(20-34)18-26-21-36-29(22-35-26)27-10-7-11-30-28(27)12-15-38(30)32(40)41-23-24-8-5-4-6-9-24/h4-11,21-22,25H,12-20,23H2,1-3H3. The van der Waals surface area contributed by atoms with Crippen molar-refractivity contribution in [3.8, 4) is 11.3 Å². The van der Waals surface area contributed by atoms with Crippen molar-refractivity contribution in [2.45, 2.75) is 71.5 Å². The fraction of sp³-hybridized carbons (Fsp3) is 0.471. The van der Waals surface area contributed by atoms with Crippen LogP contribution in [-0.2, 0) is 28.9 Å². The molecule has 220 valence electrons. The Hall–Kier alpha value is -3.94. The van der Waals surface area contributed by atoms with E-state index in [0.29, 0.717) is 17.9 Å². The number of fused-ring (bicyclic) bond motifs is 1. The number of rotatable bonds is 5. The minimum absolute atomic E-state index is 0.191. The predicted molar refractivity (Wildman–Crippen MR) is 161 cm³/mol. The van der Waals surface area contributed by atoms with E-state index in [1.807, 2.05) is 80.5 Å². The third-order valence-corrected chi connectivity index (χ3v) is 8.85. The lowest BCUT2D eigenvalue weighted by Crippen LogP contribution is -2.50. The summed E-state index contributed by atoms with van der Waals surface area (Å²) in [4.78, 5) is 38.4. The molecule has 0 N–H and O–H groups in total. The molecule has 42 heavy (non-hydrogen) atoms. The maximum atomic E-state index is 12.9. The van der Waals surface area contributed by atoms with Crippen LogP contribution in [-0.4, -0.2) is 52.3 Å². The SMILES string of the molecule is CC(C)(C)OC(=O)N1CCC2(CC1)CC(Cc1cnc(-c3cccc4c3CCN4C(=O)OCc3ccccc3)cn1)C2. The second-order valence-corrected chi connectivity index (χ2v) is 13.1. The molecule has 0 atom stereocenters. The Morgan fingerprint density at radius 2 is 1.69 bits per heavy atom. The fourth-order valence-corrected chi connectivity index (χ4v) is 6.76. The van der Waals surface area contributed by atoms with Crippen molar-refractivity contribution in [2.75, 3.05) is 24.5 Å². The maximum Gasteiger partial charge on any atom is 0.414 e. The molecule has 8 nitrogen and oxygen atoms in total. The summed E-state index contributed by atoms with van der Waals surface area (Å²) in [6.07, 6.45) is 9.40. The van der Waals surface area contributed by atoms with Crippen LogP contribution in [0.2, 0.25) is 0 Å². The zero-order valence-corrected chi connectivity index (χ0v) is 24.8. The summed E-state index contributed by atoms with van der Waals surface area (Å²) in [5.41, 5.74) is 5.72. The number of aromatic nitrogens is 2. The van der Waals surface area contributed by atoms with E-state index >= 15 is 0 Å². The highest BCUT2D eigenvalue weighted by Gasteiger charge is 2.46. The van der Waals surface area contributed by atoms with E-state index in [2.05, 4.69) is 6.07 Å². The second-order valence-electron chi connectivity index (χ2n) is 13.1. The third-order valence-electron chi connectivity index (χ3n) is 8.85. The summed E-state index contributed by atoms with van der Waals surface area (Å²) in [5, 5.41) is 0. The van der Waals surface area contributed by atoms with Crippen LogP contribution in [0.15, 0.2) is 60.9 Å². The number of ether oxygens (including phenoxy) is 2. The molecule has 1 spiro atoms. The van der Waals surface area contributed by atoms with Gasteiger partial charge in [0.2, 0.25) is 0 Å². The molecule has 3 aromatic rings. The van der Waals surface area contributed by atoms with E-state index in [4.69, 9.17) is 19.4 Å². The summed E-state index contributed by atoms with van der Waals surface area (Å²) in [5.74, 6) is 0.606. The van der Waals surface area contributed by atoms with Crippen LogP contribution in [0.1, 0.15) is 63.3 Å². The molecule has 3 heterocycles. The highest BCUT2D eigenvalue weighted by molar-refractivity contribution is 5.92. The highest BCUT2D eigenvalue weighted by atomic mass is 16.6. The largest absolute Gasteiger partial charge is 0.444 e. The fourth-order valence-electron chi connectivity index (χ4n) is 6.76. The van der Waals surface area contributed by atoms with Crippen molar-refractivity contribution >= 4 is 17.9 Å². The average Bonchev–Trinajstić information content (AvgIpc) is 3.40. The highest BCUT2D eigenvalue weighted by Crippen LogP contribution is 2.53. The van der Waals surface area contributed by atoms with Gasteiger partial charge < -0.3 is 14.4 Å². The molecular weight excluding hydrogens is 528 g/mol. The van der Waals surface area contributed by atoms with Gasteiger partial charge in [-0.1, -0.05) is 42.5 Å². The van der Waals surface area contributed by atoms with Gasteiger partial charge in [0.15, 0.2) is 0 Å². The molecule has 6 rings (SSSR count). The van der Waals surface area contributed by atoms with Crippen LogP contribution in [0, 0.1) is 11.3 Å². The molecule has 1 aromatic heterocycles. The monoisotopic (exact) mass is 568 g/mol. The normalized spacial score (nSPS) is 18.0. The van der Waals surface area contributed by atoms with E-state index in [-0.39, 0.29) is 18.8 Å². The molecular formula is C34H40N4O4. The van der Waals surface area contributed by atoms with E-state index in [1.54, 1.807) is 4.90 Å². The van der Waals surface area contributed by atoms with Gasteiger partial charge in [0.05, 0.1) is 23.3 Å². The predicted octanol–water partition coefficient (Wildman–Crippen LogP) is 6.81. The molecule has 8 heteroatoms. The molecule has 0 unspecified atom stereocenters. The quantitative estimate of drug-likeness (QED) is 0.336. The zero-order chi connectivity index (χ0) is 29.3. The first-order valence-corrected chi connectivity index (χ1v) is 15.1. The Balaban J connectivity index is 1.02. The summed E-state index contributed by atoms with van der Waals surface area (Å²) >= 11 is 0. The average molecular weight is 569 g/mol. The molecule has 2 aromatic carbocycles. The van der Waals surface area contributed by atoms with Gasteiger partial charge in [-0.25, -0.2) is 9.59 Å². The lowest BCUT2D eigenvalue weighted by molar-refractivity contribution is -0.0271. The molecule has 1 aliphatic carbocycles. The Labute approximate surface area is 248 Å². The number of piperidine rings is 1. The summed E-state index contributed by atoms with van der Waals surface area (Å²) in [6.45, 7) is 8.13. The van der Waals surface area contributed by atoms with Crippen molar-refractivity contribution < 1.29 is 19.1 Å². The molecule has 1 saturated carbocycles. The zero-order valence-electron chi connectivity index (χ0n) is 24.8. The molecule has 0 bridgehead atoms. The van der Waals surface area contributed by atoms with Gasteiger partial charge in [-0.05, 0) is 87.8 Å². The lowest BCUT2D eigenvalue weighted by Gasteiger charge is -2.52. The Bertz CT molecular complexity index is 1420. The number of amides is 2. The van der Waals surface area contributed by atoms with E-state index < -0.39 is 5.60 Å². The van der Waals surface area contributed by atoms with Gasteiger partial charge in [0, 0.05) is 31.4 Å². The van der Waals surface area contributed by atoms with Crippen LogP contribution < -0.4 is 4.90 Å². The Morgan fingerprint density at radius 3 is 2.38 bits per heavy atom. The van der Waals surface area contributed by atoms with Crippen molar-refractivity contribution in [3.63, 3.8) is 0 Å². The summed E-state index contributed by atoms with van der Waals surface area (Å²) in [7, 11) is 0. The number of hydrogen-bond donors (Lipinski definition) is 0. The number of carbonyl (C=O) groups excluding carboxylic acids is 2. The topological polar surface area (TPSA) is 84.9 Å². The number of carbonyl (C=O) groups is 2. The van der Waals surface area contributed by atoms with E-state index in [1.165, 1.54) is 12.8 Å². The van der Waals surface area contributed by atoms with Crippen LogP contribution in [0.3, 0.4) is 0 Å². The van der Waals surface area contributed by atoms with Crippen LogP contribution in [0.5, 0.6) is 0 Å². The summed E-state index contributed by atoms with van der Waals surface area (Å²) in [6, 6.07) is 15.7. The van der Waals surface area contributed by atoms with Crippen molar-refractivity contribution in [3.05, 3.63) is 77.7 Å². The molecule has 3 aliphatic rings. The minimum atomic E-state index is -0.456. The first-order chi connectivity index (χ1) is 20.2. The lowest BCUT2D eigenvalue weighted by atomic mass is 9.56. The molecule has 2 fully saturated rings. The van der Waals surface area contributed by atoms with Gasteiger partial charge in [-0.15, -0.1) is 0 Å². The smallest absolute Gasteiger partial charge is 0.414 e. The number of hydrogen-bond acceptors (Lipinski definition) is 6. The van der Waals surface area contributed by atoms with Crippen LogP contribution in [0.4, 0.5) is 15.3 Å². The van der Waals surface area contributed by atoms with Crippen molar-refractivity contribution in [1.29, 1.82) is 0 Å². The molecule has 0 radical (unpaired) electrons. The number of anilines is 1. The van der Waals surface area contributed by atoms with Gasteiger partial charge >= 0.3 is 12.2 Å². The van der Waals surface area contributed by atoms with E-state index in [9.17, 15) is 9.59 Å². The van der Waals surface area contributed by atoms with Gasteiger partial charge in [-0.2, -0.15) is 0 Å². The van der Waals surface area contributed by atoms with Crippen LogP contribution >= 0.6 is 0 Å². The number of likely N-dealkylation sites (tertiary alicyclic amines) is 1. The van der Waals surface area contributed by atoms with Crippen LogP contribution in [0.25, 0.3) is 11.3 Å². The minimum Gasteiger partial charge on any atom is -0.444 e. The summed E-state index contributed by atoms with van der Waals surface area (Å²) < 4.78 is 11.1. The number of nitrogens with zero attached hydrogens (tertiary/aromatic N) is 4. The van der Waals surface area contributed by atoms with Crippen molar-refractivity contribution in [1.82, 2.24) is 14.9 Å². The maximum absolute atomic E-state index is 12.9. The van der Waals surface area contributed by atoms with Gasteiger partial charge in [0.25, 0.3) is 0 Å². The van der Waals surface area contributed by atoms with Gasteiger partial charge in [0.1, 0.15) is 12.2 Å². The van der Waals surface area contributed by atoms with Crippen molar-refractivity contribution in [2.24, 2.45) is 11.3 Å². The Morgan fingerprint density at radius 1 is 0.929 bits per heavy atom. The second kappa shape index (κ2) is 11.4. The first kappa shape index (κ1) is 28.2. The van der Waals surface area contributed by atoms with E-state index in [0.717, 1.165) is 72.5 Å².